The standard InChI is InChI=1S/C26H28N6O4/c1-16-10-17(11-18-14-27-30-23(16)18)12-20(24(34)31(2)3)29-25(35)32-9-8-26(13-22(32)33)15-28-36-21-7-5-4-6-19(21)26/h4-7,10-11,14-15,20H,8-9,12-13H2,1-3H3,(H,27,30)(H,29,35). The van der Waals surface area contributed by atoms with Gasteiger partial charge in [-0.1, -0.05) is 29.4 Å². The van der Waals surface area contributed by atoms with Gasteiger partial charge in [0.1, 0.15) is 6.04 Å². The second-order valence-corrected chi connectivity index (χ2v) is 9.64. The third kappa shape index (κ3) is 4.19. The van der Waals surface area contributed by atoms with E-state index in [1.807, 2.05) is 43.3 Å². The lowest BCUT2D eigenvalue weighted by atomic mass is 9.72. The lowest BCUT2D eigenvalue weighted by Gasteiger charge is -2.40. The number of aromatic amines is 1. The number of likely N-dealkylation sites (tertiary alicyclic amines) is 1. The zero-order chi connectivity index (χ0) is 25.4. The number of benzene rings is 2. The number of amides is 4. The van der Waals surface area contributed by atoms with Crippen LogP contribution < -0.4 is 10.2 Å². The van der Waals surface area contributed by atoms with E-state index in [2.05, 4.69) is 20.7 Å². The summed E-state index contributed by atoms with van der Waals surface area (Å²) in [5.41, 5.74) is 3.10. The molecule has 1 aromatic heterocycles. The highest BCUT2D eigenvalue weighted by Gasteiger charge is 2.44. The number of hydrogen-bond acceptors (Lipinski definition) is 6. The molecule has 3 aromatic rings. The van der Waals surface area contributed by atoms with E-state index in [0.29, 0.717) is 12.2 Å². The number of carbonyl (C=O) groups excluding carboxylic acids is 3. The van der Waals surface area contributed by atoms with Gasteiger partial charge in [-0.2, -0.15) is 5.10 Å². The fourth-order valence-corrected chi connectivity index (χ4v) is 5.06. The summed E-state index contributed by atoms with van der Waals surface area (Å²) >= 11 is 0. The Kier molecular flexibility index (Phi) is 5.95. The fourth-order valence-electron chi connectivity index (χ4n) is 5.06. The average molecular weight is 489 g/mol. The van der Waals surface area contributed by atoms with E-state index in [4.69, 9.17) is 4.84 Å². The predicted molar refractivity (Wildman–Crippen MR) is 134 cm³/mol. The highest BCUT2D eigenvalue weighted by atomic mass is 16.6. The molecule has 0 bridgehead atoms. The number of H-pyrrole nitrogens is 1. The van der Waals surface area contributed by atoms with E-state index in [0.717, 1.165) is 27.6 Å². The Labute approximate surface area is 208 Å². The topological polar surface area (TPSA) is 120 Å². The summed E-state index contributed by atoms with van der Waals surface area (Å²) in [4.78, 5) is 47.4. The van der Waals surface area contributed by atoms with E-state index < -0.39 is 17.5 Å². The van der Waals surface area contributed by atoms with Gasteiger partial charge in [-0.25, -0.2) is 4.79 Å². The Bertz CT molecular complexity index is 1380. The van der Waals surface area contributed by atoms with Crippen LogP contribution in [0.2, 0.25) is 0 Å². The average Bonchev–Trinajstić information content (AvgIpc) is 3.33. The largest absolute Gasteiger partial charge is 0.357 e. The maximum atomic E-state index is 13.2. The first-order valence-electron chi connectivity index (χ1n) is 11.8. The van der Waals surface area contributed by atoms with Gasteiger partial charge in [0, 0.05) is 49.8 Å². The van der Waals surface area contributed by atoms with E-state index >= 15 is 0 Å². The second kappa shape index (κ2) is 9.10. The molecule has 2 aromatic carbocycles. The molecule has 2 aliphatic heterocycles. The van der Waals surface area contributed by atoms with E-state index in [-0.39, 0.29) is 31.2 Å². The number of imide groups is 1. The molecule has 0 aliphatic carbocycles. The lowest BCUT2D eigenvalue weighted by Crippen LogP contribution is -2.57. The van der Waals surface area contributed by atoms with Gasteiger partial charge < -0.3 is 15.1 Å². The predicted octanol–water partition coefficient (Wildman–Crippen LogP) is 2.52. The van der Waals surface area contributed by atoms with Crippen molar-refractivity contribution >= 4 is 35.0 Å². The number of urea groups is 1. The first-order valence-corrected chi connectivity index (χ1v) is 11.8. The number of hydrogen-bond donors (Lipinski definition) is 2. The third-order valence-electron chi connectivity index (χ3n) is 6.95. The molecule has 36 heavy (non-hydrogen) atoms. The van der Waals surface area contributed by atoms with E-state index in [1.54, 1.807) is 26.5 Å². The molecule has 1 fully saturated rings. The molecule has 10 nitrogen and oxygen atoms in total. The summed E-state index contributed by atoms with van der Waals surface area (Å²) in [6.45, 7) is 2.17. The number of nitrogens with zero attached hydrogens (tertiary/aromatic N) is 4. The number of fused-ring (bicyclic) bond motifs is 3. The van der Waals surface area contributed by atoms with Crippen molar-refractivity contribution in [2.24, 2.45) is 5.16 Å². The van der Waals surface area contributed by atoms with Crippen molar-refractivity contribution in [3.63, 3.8) is 0 Å². The first kappa shape index (κ1) is 23.5. The van der Waals surface area contributed by atoms with Gasteiger partial charge >= 0.3 is 6.03 Å². The monoisotopic (exact) mass is 488 g/mol. The third-order valence-corrected chi connectivity index (χ3v) is 6.95. The highest BCUT2D eigenvalue weighted by Crippen LogP contribution is 2.41. The van der Waals surface area contributed by atoms with Crippen molar-refractivity contribution in [2.45, 2.75) is 37.6 Å². The molecule has 5 rings (SSSR count). The van der Waals surface area contributed by atoms with Crippen LogP contribution in [0.25, 0.3) is 10.9 Å². The van der Waals surface area contributed by atoms with Crippen molar-refractivity contribution in [3.8, 4) is 5.75 Å². The maximum absolute atomic E-state index is 13.2. The van der Waals surface area contributed by atoms with Crippen molar-refractivity contribution in [1.29, 1.82) is 0 Å². The van der Waals surface area contributed by atoms with Crippen LogP contribution in [0, 0.1) is 6.92 Å². The normalized spacial score (nSPS) is 19.6. The number of aromatic nitrogens is 2. The van der Waals surface area contributed by atoms with Crippen LogP contribution in [0.3, 0.4) is 0 Å². The fraction of sp³-hybridized carbons (Fsp3) is 0.346. The molecule has 186 valence electrons. The number of rotatable bonds is 4. The minimum Gasteiger partial charge on any atom is -0.357 e. The van der Waals surface area contributed by atoms with Gasteiger partial charge in [0.2, 0.25) is 11.8 Å². The number of para-hydroxylation sites is 1. The zero-order valence-electron chi connectivity index (χ0n) is 20.4. The molecule has 0 radical (unpaired) electrons. The Morgan fingerprint density at radius 2 is 2.08 bits per heavy atom. The van der Waals surface area contributed by atoms with Crippen LogP contribution >= 0.6 is 0 Å². The molecule has 2 aliphatic rings. The van der Waals surface area contributed by atoms with Crippen LogP contribution in [0.5, 0.6) is 5.75 Å². The molecular weight excluding hydrogens is 460 g/mol. The SMILES string of the molecule is Cc1cc(CC(NC(=O)N2CCC3(C=NOc4ccccc43)CC2=O)C(=O)N(C)C)cc2cn[nH]c12. The molecule has 1 spiro atoms. The van der Waals surface area contributed by atoms with Crippen LogP contribution in [-0.4, -0.2) is 70.7 Å². The molecule has 4 amide bonds. The summed E-state index contributed by atoms with van der Waals surface area (Å²) in [7, 11) is 3.29. The Morgan fingerprint density at radius 1 is 1.28 bits per heavy atom. The zero-order valence-corrected chi connectivity index (χ0v) is 20.4. The Hall–Kier alpha value is -4.21. The van der Waals surface area contributed by atoms with Crippen LogP contribution in [0.15, 0.2) is 47.8 Å². The number of oxime groups is 1. The summed E-state index contributed by atoms with van der Waals surface area (Å²) in [5, 5.41) is 14.8. The van der Waals surface area contributed by atoms with Crippen molar-refractivity contribution < 1.29 is 19.2 Å². The number of nitrogens with one attached hydrogen (secondary N) is 2. The van der Waals surface area contributed by atoms with Gasteiger partial charge in [-0.3, -0.25) is 19.6 Å². The van der Waals surface area contributed by atoms with Crippen LogP contribution in [-0.2, 0) is 21.4 Å². The number of likely N-dealkylation sites (N-methyl/N-ethyl adjacent to an activating group) is 1. The highest BCUT2D eigenvalue weighted by molar-refractivity contribution is 6.00. The van der Waals surface area contributed by atoms with Crippen molar-refractivity contribution in [3.05, 3.63) is 59.3 Å². The van der Waals surface area contributed by atoms with Crippen molar-refractivity contribution in [2.75, 3.05) is 20.6 Å². The summed E-state index contributed by atoms with van der Waals surface area (Å²) in [5.74, 6) is 0.0422. The molecule has 10 heteroatoms. The Morgan fingerprint density at radius 3 is 2.86 bits per heavy atom. The molecule has 2 unspecified atom stereocenters. The molecule has 2 N–H and O–H groups in total. The summed E-state index contributed by atoms with van der Waals surface area (Å²) in [6, 6.07) is 10.0. The number of piperidine rings is 1. The summed E-state index contributed by atoms with van der Waals surface area (Å²) < 4.78 is 0. The minimum atomic E-state index is -0.828. The van der Waals surface area contributed by atoms with Gasteiger partial charge in [-0.05, 0) is 36.6 Å². The minimum absolute atomic E-state index is 0.0902. The molecular formula is C26H28N6O4. The van der Waals surface area contributed by atoms with E-state index in [1.165, 1.54) is 9.80 Å². The quantitative estimate of drug-likeness (QED) is 0.585. The van der Waals surface area contributed by atoms with Crippen LogP contribution in [0.1, 0.15) is 29.5 Å². The second-order valence-electron chi connectivity index (χ2n) is 9.64. The molecule has 0 saturated carbocycles. The lowest BCUT2D eigenvalue weighted by molar-refractivity contribution is -0.133. The number of aryl methyl sites for hydroxylation is 1. The van der Waals surface area contributed by atoms with Gasteiger partial charge in [-0.15, -0.1) is 0 Å². The maximum Gasteiger partial charge on any atom is 0.324 e. The Balaban J connectivity index is 1.33. The van der Waals surface area contributed by atoms with Crippen LogP contribution in [0.4, 0.5) is 4.79 Å². The first-order chi connectivity index (χ1) is 17.3. The van der Waals surface area contributed by atoms with Gasteiger partial charge in [0.25, 0.3) is 0 Å². The smallest absolute Gasteiger partial charge is 0.324 e. The summed E-state index contributed by atoms with van der Waals surface area (Å²) in [6.07, 6.45) is 4.28. The van der Waals surface area contributed by atoms with E-state index in [9.17, 15) is 14.4 Å². The van der Waals surface area contributed by atoms with Crippen molar-refractivity contribution in [1.82, 2.24) is 25.3 Å². The number of carbonyl (C=O) groups is 3. The molecule has 1 saturated heterocycles. The molecule has 3 heterocycles. The molecule has 2 atom stereocenters. The van der Waals surface area contributed by atoms with Gasteiger partial charge in [0.15, 0.2) is 5.75 Å². The van der Waals surface area contributed by atoms with Gasteiger partial charge in [0.05, 0.1) is 17.9 Å².